The van der Waals surface area contributed by atoms with Gasteiger partial charge in [-0.2, -0.15) is 0 Å². The summed E-state index contributed by atoms with van der Waals surface area (Å²) in [5.74, 6) is -0.992. The molecular weight excluding hydrogens is 186 g/mol. The first-order valence-corrected chi connectivity index (χ1v) is 4.65. The van der Waals surface area contributed by atoms with Gasteiger partial charge < -0.3 is 14.7 Å². The molecule has 2 atom stereocenters. The zero-order valence-electron chi connectivity index (χ0n) is 8.02. The fourth-order valence-corrected chi connectivity index (χ4v) is 2.33. The lowest BCUT2D eigenvalue weighted by molar-refractivity contribution is -0.139. The van der Waals surface area contributed by atoms with Crippen LogP contribution in [0.3, 0.4) is 0 Å². The van der Waals surface area contributed by atoms with E-state index in [0.29, 0.717) is 19.5 Å². The lowest BCUT2D eigenvalue weighted by Crippen LogP contribution is -2.29. The van der Waals surface area contributed by atoms with E-state index in [1.165, 1.54) is 7.11 Å². The van der Waals surface area contributed by atoms with Crippen molar-refractivity contribution in [2.24, 2.45) is 11.3 Å². The summed E-state index contributed by atoms with van der Waals surface area (Å²) in [5, 5.41) is 8.83. The van der Waals surface area contributed by atoms with Crippen molar-refractivity contribution < 1.29 is 19.4 Å². The van der Waals surface area contributed by atoms with Crippen LogP contribution in [0.4, 0.5) is 4.79 Å². The second-order valence-electron chi connectivity index (χ2n) is 4.10. The predicted molar refractivity (Wildman–Crippen MR) is 46.8 cm³/mol. The summed E-state index contributed by atoms with van der Waals surface area (Å²) in [7, 11) is 1.34. The molecule has 0 aromatic carbocycles. The first kappa shape index (κ1) is 9.30. The highest BCUT2D eigenvalue weighted by Gasteiger charge is 2.61. The smallest absolute Gasteiger partial charge is 0.409 e. The summed E-state index contributed by atoms with van der Waals surface area (Å²) in [6, 6.07) is 0. The number of amides is 1. The average molecular weight is 199 g/mol. The van der Waals surface area contributed by atoms with Crippen LogP contribution in [-0.2, 0) is 9.53 Å². The van der Waals surface area contributed by atoms with Crippen LogP contribution in [-0.4, -0.2) is 42.3 Å². The maximum absolute atomic E-state index is 11.2. The SMILES string of the molecule is COC(=O)N1CCC2(CC2C(=O)O)C1. The molecule has 2 unspecified atom stereocenters. The molecule has 1 saturated carbocycles. The number of carbonyl (C=O) groups is 2. The number of ether oxygens (including phenoxy) is 1. The fourth-order valence-electron chi connectivity index (χ4n) is 2.33. The van der Waals surface area contributed by atoms with Crippen molar-refractivity contribution in [3.05, 3.63) is 0 Å². The molecule has 2 rings (SSSR count). The first-order chi connectivity index (χ1) is 6.59. The topological polar surface area (TPSA) is 66.8 Å². The Morgan fingerprint density at radius 3 is 2.79 bits per heavy atom. The molecule has 1 amide bonds. The van der Waals surface area contributed by atoms with Gasteiger partial charge in [0.05, 0.1) is 13.0 Å². The van der Waals surface area contributed by atoms with Gasteiger partial charge in [-0.3, -0.25) is 4.79 Å². The minimum atomic E-state index is -0.739. The van der Waals surface area contributed by atoms with Crippen LogP contribution in [0.1, 0.15) is 12.8 Å². The molecule has 1 aliphatic heterocycles. The quantitative estimate of drug-likeness (QED) is 0.669. The molecule has 14 heavy (non-hydrogen) atoms. The molecule has 5 nitrogen and oxygen atoms in total. The van der Waals surface area contributed by atoms with Gasteiger partial charge in [0, 0.05) is 18.5 Å². The zero-order chi connectivity index (χ0) is 10.3. The molecule has 1 heterocycles. The van der Waals surface area contributed by atoms with Crippen molar-refractivity contribution >= 4 is 12.1 Å². The van der Waals surface area contributed by atoms with Crippen molar-refractivity contribution in [2.75, 3.05) is 20.2 Å². The van der Waals surface area contributed by atoms with E-state index in [2.05, 4.69) is 4.74 Å². The Labute approximate surface area is 81.6 Å². The van der Waals surface area contributed by atoms with Crippen LogP contribution in [0.2, 0.25) is 0 Å². The third-order valence-corrected chi connectivity index (χ3v) is 3.31. The third kappa shape index (κ3) is 1.23. The van der Waals surface area contributed by atoms with Gasteiger partial charge in [-0.25, -0.2) is 4.79 Å². The van der Waals surface area contributed by atoms with E-state index >= 15 is 0 Å². The molecule has 5 heteroatoms. The highest BCUT2D eigenvalue weighted by molar-refractivity contribution is 5.76. The van der Waals surface area contributed by atoms with Crippen LogP contribution in [0, 0.1) is 11.3 Å². The number of rotatable bonds is 1. The van der Waals surface area contributed by atoms with Crippen molar-refractivity contribution in [3.8, 4) is 0 Å². The summed E-state index contributed by atoms with van der Waals surface area (Å²) >= 11 is 0. The van der Waals surface area contributed by atoms with E-state index in [1.807, 2.05) is 0 Å². The van der Waals surface area contributed by atoms with Gasteiger partial charge in [0.1, 0.15) is 0 Å². The van der Waals surface area contributed by atoms with Crippen LogP contribution in [0.25, 0.3) is 0 Å². The maximum atomic E-state index is 11.2. The monoisotopic (exact) mass is 199 g/mol. The van der Waals surface area contributed by atoms with Crippen molar-refractivity contribution in [2.45, 2.75) is 12.8 Å². The molecule has 0 aromatic heterocycles. The van der Waals surface area contributed by atoms with Crippen LogP contribution in [0.5, 0.6) is 0 Å². The summed E-state index contributed by atoms with van der Waals surface area (Å²) in [6.45, 7) is 1.16. The van der Waals surface area contributed by atoms with Gasteiger partial charge in [-0.1, -0.05) is 0 Å². The Balaban J connectivity index is 1.97. The Morgan fingerprint density at radius 1 is 1.57 bits per heavy atom. The number of aliphatic carboxylic acids is 1. The molecule has 1 saturated heterocycles. The number of methoxy groups -OCH3 is 1. The third-order valence-electron chi connectivity index (χ3n) is 3.31. The number of carbonyl (C=O) groups excluding carboxylic acids is 1. The Morgan fingerprint density at radius 2 is 2.29 bits per heavy atom. The Kier molecular flexibility index (Phi) is 1.90. The number of nitrogens with zero attached hydrogens (tertiary/aromatic N) is 1. The number of likely N-dealkylation sites (tertiary alicyclic amines) is 1. The molecule has 1 spiro atoms. The molecule has 2 aliphatic rings. The van der Waals surface area contributed by atoms with Crippen LogP contribution >= 0.6 is 0 Å². The molecule has 1 aliphatic carbocycles. The van der Waals surface area contributed by atoms with E-state index in [1.54, 1.807) is 4.90 Å². The number of hydrogen-bond donors (Lipinski definition) is 1. The van der Waals surface area contributed by atoms with E-state index in [9.17, 15) is 9.59 Å². The highest BCUT2D eigenvalue weighted by Crippen LogP contribution is 2.58. The van der Waals surface area contributed by atoms with E-state index < -0.39 is 5.97 Å². The van der Waals surface area contributed by atoms with E-state index in [-0.39, 0.29) is 17.4 Å². The lowest BCUT2D eigenvalue weighted by atomic mass is 10.0. The molecule has 0 bridgehead atoms. The van der Waals surface area contributed by atoms with Crippen molar-refractivity contribution in [1.82, 2.24) is 4.90 Å². The zero-order valence-corrected chi connectivity index (χ0v) is 8.02. The predicted octanol–water partition coefficient (Wildman–Crippen LogP) is 0.549. The average Bonchev–Trinajstić information content (AvgIpc) is 2.68. The molecular formula is C9H13NO4. The van der Waals surface area contributed by atoms with Gasteiger partial charge in [0.15, 0.2) is 0 Å². The summed E-state index contributed by atoms with van der Waals surface area (Å²) in [5.41, 5.74) is -0.139. The second-order valence-corrected chi connectivity index (χ2v) is 4.10. The molecule has 0 aromatic rings. The summed E-state index contributed by atoms with van der Waals surface area (Å²) in [6.07, 6.45) is 1.15. The van der Waals surface area contributed by atoms with E-state index in [4.69, 9.17) is 5.11 Å². The minimum Gasteiger partial charge on any atom is -0.481 e. The standard InChI is InChI=1S/C9H13NO4/c1-14-8(13)10-3-2-9(5-10)4-6(9)7(11)12/h6H,2-5H2,1H3,(H,11,12). The minimum absolute atomic E-state index is 0.139. The van der Waals surface area contributed by atoms with Crippen molar-refractivity contribution in [1.29, 1.82) is 0 Å². The molecule has 0 radical (unpaired) electrons. The van der Waals surface area contributed by atoms with Gasteiger partial charge in [0.2, 0.25) is 0 Å². The first-order valence-electron chi connectivity index (χ1n) is 4.65. The summed E-state index contributed by atoms with van der Waals surface area (Å²) in [4.78, 5) is 23.5. The van der Waals surface area contributed by atoms with Crippen LogP contribution < -0.4 is 0 Å². The Bertz CT molecular complexity index is 291. The van der Waals surface area contributed by atoms with Gasteiger partial charge in [-0.05, 0) is 12.8 Å². The lowest BCUT2D eigenvalue weighted by Gasteiger charge is -2.14. The maximum Gasteiger partial charge on any atom is 0.409 e. The molecule has 2 fully saturated rings. The number of hydrogen-bond acceptors (Lipinski definition) is 3. The normalized spacial score (nSPS) is 34.6. The fraction of sp³-hybridized carbons (Fsp3) is 0.778. The largest absolute Gasteiger partial charge is 0.481 e. The summed E-state index contributed by atoms with van der Waals surface area (Å²) < 4.78 is 4.59. The number of carboxylic acids is 1. The molecule has 78 valence electrons. The second kappa shape index (κ2) is 2.87. The van der Waals surface area contributed by atoms with Crippen LogP contribution in [0.15, 0.2) is 0 Å². The van der Waals surface area contributed by atoms with E-state index in [0.717, 1.165) is 6.42 Å². The van der Waals surface area contributed by atoms with Gasteiger partial charge in [-0.15, -0.1) is 0 Å². The highest BCUT2D eigenvalue weighted by atomic mass is 16.5. The van der Waals surface area contributed by atoms with Gasteiger partial charge in [0.25, 0.3) is 0 Å². The van der Waals surface area contributed by atoms with Crippen molar-refractivity contribution in [3.63, 3.8) is 0 Å². The number of carboxylic acid groups (broad SMARTS) is 1. The molecule has 1 N–H and O–H groups in total. The Hall–Kier alpha value is -1.26. The van der Waals surface area contributed by atoms with Gasteiger partial charge >= 0.3 is 12.1 Å².